The van der Waals surface area contributed by atoms with Gasteiger partial charge < -0.3 is 10.8 Å². The molecule has 0 spiro atoms. The molecule has 0 unspecified atom stereocenters. The van der Waals surface area contributed by atoms with Crippen LogP contribution in [-0.2, 0) is 14.4 Å². The number of imide groups is 1. The number of rotatable bonds is 18. The van der Waals surface area contributed by atoms with Crippen LogP contribution in [0.3, 0.4) is 0 Å². The second-order valence-electron chi connectivity index (χ2n) is 7.62. The van der Waals surface area contributed by atoms with Crippen LogP contribution >= 0.6 is 0 Å². The fourth-order valence-electron chi connectivity index (χ4n) is 3.33. The predicted octanol–water partition coefficient (Wildman–Crippen LogP) is 4.64. The minimum atomic E-state index is -1.10. The van der Waals surface area contributed by atoms with Gasteiger partial charge in [0.05, 0.1) is 0 Å². The second kappa shape index (κ2) is 17.7. The third kappa shape index (κ3) is 12.1. The van der Waals surface area contributed by atoms with Gasteiger partial charge in [0.1, 0.15) is 6.04 Å². The summed E-state index contributed by atoms with van der Waals surface area (Å²) in [4.78, 5) is 38.3. The first-order chi connectivity index (χ1) is 13.5. The van der Waals surface area contributed by atoms with Gasteiger partial charge in [0.2, 0.25) is 11.8 Å². The van der Waals surface area contributed by atoms with Crippen LogP contribution in [-0.4, -0.2) is 40.4 Å². The Morgan fingerprint density at radius 2 is 1.21 bits per heavy atom. The highest BCUT2D eigenvalue weighted by atomic mass is 16.4. The van der Waals surface area contributed by atoms with E-state index in [-0.39, 0.29) is 31.1 Å². The van der Waals surface area contributed by atoms with Gasteiger partial charge in [0.25, 0.3) is 0 Å². The van der Waals surface area contributed by atoms with E-state index in [1.807, 2.05) is 0 Å². The van der Waals surface area contributed by atoms with E-state index in [0.717, 1.165) is 56.3 Å². The van der Waals surface area contributed by atoms with Crippen molar-refractivity contribution in [1.82, 2.24) is 4.90 Å². The van der Waals surface area contributed by atoms with Gasteiger partial charge in [-0.1, -0.05) is 65.2 Å². The van der Waals surface area contributed by atoms with Crippen molar-refractivity contribution in [3.63, 3.8) is 0 Å². The van der Waals surface area contributed by atoms with Crippen molar-refractivity contribution < 1.29 is 19.5 Å². The zero-order valence-corrected chi connectivity index (χ0v) is 18.1. The maximum absolute atomic E-state index is 12.7. The third-order valence-corrected chi connectivity index (χ3v) is 5.05. The van der Waals surface area contributed by atoms with Gasteiger partial charge >= 0.3 is 5.97 Å². The smallest absolute Gasteiger partial charge is 0.326 e. The SMILES string of the molecule is CCCCCCCC(=O)N(C(=O)CCCCCCC)[C@@H](CCCCN)C(=O)O. The zero-order valence-electron chi connectivity index (χ0n) is 18.1. The van der Waals surface area contributed by atoms with Crippen LogP contribution in [0.25, 0.3) is 0 Å². The Kier molecular flexibility index (Phi) is 16.8. The largest absolute Gasteiger partial charge is 0.480 e. The van der Waals surface area contributed by atoms with Crippen LogP contribution in [0.4, 0.5) is 0 Å². The summed E-state index contributed by atoms with van der Waals surface area (Å²) >= 11 is 0. The van der Waals surface area contributed by atoms with E-state index in [1.165, 1.54) is 0 Å². The number of unbranched alkanes of at least 4 members (excludes halogenated alkanes) is 9. The molecule has 0 aromatic carbocycles. The lowest BCUT2D eigenvalue weighted by molar-refractivity contribution is -0.158. The maximum atomic E-state index is 12.7. The summed E-state index contributed by atoms with van der Waals surface area (Å²) in [7, 11) is 0. The van der Waals surface area contributed by atoms with Crippen molar-refractivity contribution in [1.29, 1.82) is 0 Å². The number of aliphatic carboxylic acids is 1. The molecule has 0 bridgehead atoms. The fourth-order valence-corrected chi connectivity index (χ4v) is 3.33. The molecule has 0 saturated heterocycles. The molecule has 3 N–H and O–H groups in total. The van der Waals surface area contributed by atoms with Crippen molar-refractivity contribution in [2.24, 2.45) is 5.73 Å². The molecule has 1 atom stereocenters. The summed E-state index contributed by atoms with van der Waals surface area (Å²) in [6.45, 7) is 4.73. The van der Waals surface area contributed by atoms with Gasteiger partial charge in [-0.05, 0) is 38.6 Å². The molecule has 0 fully saturated rings. The molecule has 0 heterocycles. The monoisotopic (exact) mass is 398 g/mol. The van der Waals surface area contributed by atoms with Gasteiger partial charge in [-0.3, -0.25) is 14.5 Å². The van der Waals surface area contributed by atoms with Gasteiger partial charge in [0, 0.05) is 12.8 Å². The minimum Gasteiger partial charge on any atom is -0.480 e. The Bertz CT molecular complexity index is 414. The number of nitrogens with zero attached hydrogens (tertiary/aromatic N) is 1. The normalized spacial score (nSPS) is 12.0. The highest BCUT2D eigenvalue weighted by Crippen LogP contribution is 2.17. The van der Waals surface area contributed by atoms with Crippen LogP contribution in [0.5, 0.6) is 0 Å². The molecule has 0 aliphatic rings. The number of hydrogen-bond donors (Lipinski definition) is 2. The van der Waals surface area contributed by atoms with Crippen LogP contribution < -0.4 is 5.73 Å². The summed E-state index contributed by atoms with van der Waals surface area (Å²) in [6.07, 6.45) is 11.9. The standard InChI is InChI=1S/C22H42N2O4/c1-3-5-7-9-11-16-20(25)24(19(22(27)28)15-13-14-18-23)21(26)17-12-10-8-6-4-2/h19H,3-18,23H2,1-2H3,(H,27,28)/t19-/m0/s1. The topological polar surface area (TPSA) is 101 Å². The van der Waals surface area contributed by atoms with E-state index in [2.05, 4.69) is 13.8 Å². The molecule has 0 aromatic rings. The lowest BCUT2D eigenvalue weighted by Crippen LogP contribution is -2.48. The van der Waals surface area contributed by atoms with Gasteiger partial charge in [0.15, 0.2) is 0 Å². The number of amides is 2. The molecule has 0 aliphatic carbocycles. The van der Waals surface area contributed by atoms with Crippen molar-refractivity contribution >= 4 is 17.8 Å². The van der Waals surface area contributed by atoms with E-state index in [4.69, 9.17) is 5.73 Å². The molecular weight excluding hydrogens is 356 g/mol. The highest BCUT2D eigenvalue weighted by molar-refractivity contribution is 5.99. The summed E-state index contributed by atoms with van der Waals surface area (Å²) < 4.78 is 0. The lowest BCUT2D eigenvalue weighted by atomic mass is 10.0. The van der Waals surface area contributed by atoms with Crippen molar-refractivity contribution in [3.8, 4) is 0 Å². The molecule has 28 heavy (non-hydrogen) atoms. The molecule has 164 valence electrons. The molecule has 0 saturated carbocycles. The van der Waals surface area contributed by atoms with E-state index >= 15 is 0 Å². The highest BCUT2D eigenvalue weighted by Gasteiger charge is 2.33. The number of carboxylic acids is 1. The predicted molar refractivity (Wildman–Crippen MR) is 113 cm³/mol. The molecule has 0 aliphatic heterocycles. The summed E-state index contributed by atoms with van der Waals surface area (Å²) in [6, 6.07) is -1.07. The first-order valence-corrected chi connectivity index (χ1v) is 11.3. The van der Waals surface area contributed by atoms with E-state index in [9.17, 15) is 19.5 Å². The number of hydrogen-bond acceptors (Lipinski definition) is 4. The summed E-state index contributed by atoms with van der Waals surface area (Å²) in [5, 5.41) is 9.65. The van der Waals surface area contributed by atoms with Crippen LogP contribution in [0.1, 0.15) is 110 Å². The Morgan fingerprint density at radius 3 is 1.61 bits per heavy atom. The Balaban J connectivity index is 4.92. The second-order valence-corrected chi connectivity index (χ2v) is 7.62. The molecule has 0 aromatic heterocycles. The summed E-state index contributed by atoms with van der Waals surface area (Å²) in [5.41, 5.74) is 5.50. The zero-order chi connectivity index (χ0) is 21.2. The number of carboxylic acid groups (broad SMARTS) is 1. The molecule has 2 amide bonds. The van der Waals surface area contributed by atoms with E-state index < -0.39 is 12.0 Å². The van der Waals surface area contributed by atoms with Crippen molar-refractivity contribution in [3.05, 3.63) is 0 Å². The van der Waals surface area contributed by atoms with E-state index in [0.29, 0.717) is 32.2 Å². The number of nitrogens with two attached hydrogens (primary N) is 1. The minimum absolute atomic E-state index is 0.242. The summed E-state index contributed by atoms with van der Waals surface area (Å²) in [5.74, 6) is -1.78. The lowest BCUT2D eigenvalue weighted by Gasteiger charge is -2.27. The van der Waals surface area contributed by atoms with E-state index in [1.54, 1.807) is 0 Å². The fraction of sp³-hybridized carbons (Fsp3) is 0.864. The van der Waals surface area contributed by atoms with Crippen molar-refractivity contribution in [2.75, 3.05) is 6.54 Å². The first-order valence-electron chi connectivity index (χ1n) is 11.3. The Morgan fingerprint density at radius 1 is 0.750 bits per heavy atom. The first kappa shape index (κ1) is 26.6. The number of carbonyl (C=O) groups excluding carboxylic acids is 2. The van der Waals surface area contributed by atoms with Gasteiger partial charge in [-0.25, -0.2) is 4.79 Å². The molecule has 6 heteroatoms. The third-order valence-electron chi connectivity index (χ3n) is 5.05. The van der Waals surface area contributed by atoms with Crippen molar-refractivity contribution in [2.45, 2.75) is 116 Å². The molecule has 0 rings (SSSR count). The average Bonchev–Trinajstić information content (AvgIpc) is 2.66. The number of carbonyl (C=O) groups is 3. The van der Waals surface area contributed by atoms with Gasteiger partial charge in [-0.15, -0.1) is 0 Å². The Hall–Kier alpha value is -1.43. The molecular formula is C22H42N2O4. The van der Waals surface area contributed by atoms with Gasteiger partial charge in [-0.2, -0.15) is 0 Å². The average molecular weight is 399 g/mol. The molecule has 6 nitrogen and oxygen atoms in total. The quantitative estimate of drug-likeness (QED) is 0.327. The van der Waals surface area contributed by atoms with Crippen LogP contribution in [0, 0.1) is 0 Å². The van der Waals surface area contributed by atoms with Crippen LogP contribution in [0.2, 0.25) is 0 Å². The maximum Gasteiger partial charge on any atom is 0.326 e. The molecule has 0 radical (unpaired) electrons. The Labute approximate surface area is 171 Å². The van der Waals surface area contributed by atoms with Crippen LogP contribution in [0.15, 0.2) is 0 Å².